The van der Waals surface area contributed by atoms with Gasteiger partial charge in [-0.1, -0.05) is 5.16 Å². The van der Waals surface area contributed by atoms with Gasteiger partial charge in [0.1, 0.15) is 10.8 Å². The zero-order chi connectivity index (χ0) is 20.1. The van der Waals surface area contributed by atoms with Crippen molar-refractivity contribution in [2.75, 3.05) is 19.5 Å². The summed E-state index contributed by atoms with van der Waals surface area (Å²) >= 11 is 3.07. The number of carbonyl (C=O) groups excluding carboxylic acids is 1. The van der Waals surface area contributed by atoms with E-state index in [9.17, 15) is 4.79 Å². The number of nitrogens with one attached hydrogen (secondary N) is 1. The molecular formula is C19H21N3O4S2. The fraction of sp³-hybridized carbons (Fsp3) is 0.316. The Bertz CT molecular complexity index is 954. The van der Waals surface area contributed by atoms with Gasteiger partial charge in [0, 0.05) is 22.8 Å². The Morgan fingerprint density at radius 1 is 1.29 bits per heavy atom. The Morgan fingerprint density at radius 3 is 2.75 bits per heavy atom. The van der Waals surface area contributed by atoms with E-state index in [0.717, 1.165) is 16.3 Å². The third kappa shape index (κ3) is 4.85. The Labute approximate surface area is 171 Å². The van der Waals surface area contributed by atoms with Crippen LogP contribution in [0.1, 0.15) is 18.4 Å². The van der Waals surface area contributed by atoms with Gasteiger partial charge in [-0.15, -0.1) is 23.1 Å². The van der Waals surface area contributed by atoms with Crippen molar-refractivity contribution in [2.24, 2.45) is 0 Å². The average Bonchev–Trinajstić information content (AvgIpc) is 3.34. The molecule has 0 saturated carbocycles. The first-order valence-corrected chi connectivity index (χ1v) is 10.5. The van der Waals surface area contributed by atoms with Gasteiger partial charge in [0.05, 0.1) is 25.2 Å². The highest BCUT2D eigenvalue weighted by molar-refractivity contribution is 7.99. The first-order valence-electron chi connectivity index (χ1n) is 8.52. The number of nitrogens with zero attached hydrogens (tertiary/aromatic N) is 2. The van der Waals surface area contributed by atoms with Crippen molar-refractivity contribution in [2.45, 2.75) is 24.9 Å². The monoisotopic (exact) mass is 419 g/mol. The van der Waals surface area contributed by atoms with Gasteiger partial charge < -0.3 is 19.3 Å². The number of thiazole rings is 1. The molecule has 3 rings (SSSR count). The molecule has 0 bridgehead atoms. The van der Waals surface area contributed by atoms with Crippen molar-refractivity contribution in [1.29, 1.82) is 0 Å². The molecule has 0 aliphatic heterocycles. The van der Waals surface area contributed by atoms with E-state index in [1.54, 1.807) is 38.5 Å². The predicted molar refractivity (Wildman–Crippen MR) is 111 cm³/mol. The van der Waals surface area contributed by atoms with Crippen LogP contribution in [0.2, 0.25) is 0 Å². The first kappa shape index (κ1) is 20.2. The van der Waals surface area contributed by atoms with E-state index in [-0.39, 0.29) is 11.2 Å². The smallest absolute Gasteiger partial charge is 0.238 e. The minimum Gasteiger partial charge on any atom is -0.493 e. The molecule has 1 amide bonds. The van der Waals surface area contributed by atoms with Crippen molar-refractivity contribution < 1.29 is 18.8 Å². The second-order valence-electron chi connectivity index (χ2n) is 5.98. The molecule has 0 spiro atoms. The molecule has 148 valence electrons. The third-order valence-electron chi connectivity index (χ3n) is 3.91. The van der Waals surface area contributed by atoms with Gasteiger partial charge in [0.2, 0.25) is 5.91 Å². The summed E-state index contributed by atoms with van der Waals surface area (Å²) in [5.74, 6) is 2.95. The van der Waals surface area contributed by atoms with Crippen LogP contribution in [0.15, 0.2) is 34.2 Å². The maximum Gasteiger partial charge on any atom is 0.238 e. The Balaban J connectivity index is 1.59. The quantitative estimate of drug-likeness (QED) is 0.580. The highest BCUT2D eigenvalue weighted by Crippen LogP contribution is 2.34. The summed E-state index contributed by atoms with van der Waals surface area (Å²) in [5, 5.41) is 9.17. The van der Waals surface area contributed by atoms with Crippen molar-refractivity contribution in [3.05, 3.63) is 41.1 Å². The lowest BCUT2D eigenvalue weighted by Crippen LogP contribution is -2.22. The number of anilines is 1. The number of carbonyl (C=O) groups is 1. The van der Waals surface area contributed by atoms with Crippen LogP contribution in [0.3, 0.4) is 0 Å². The molecule has 3 aromatic rings. The topological polar surface area (TPSA) is 86.5 Å². The second kappa shape index (κ2) is 9.11. The number of hydrogen-bond donors (Lipinski definition) is 1. The lowest BCUT2D eigenvalue weighted by atomic mass is 10.2. The van der Waals surface area contributed by atoms with E-state index in [2.05, 4.69) is 15.5 Å². The molecule has 0 aliphatic carbocycles. The summed E-state index contributed by atoms with van der Waals surface area (Å²) in [4.78, 5) is 16.9. The molecule has 7 nitrogen and oxygen atoms in total. The number of methoxy groups -OCH3 is 2. The van der Waals surface area contributed by atoms with Crippen LogP contribution in [0.5, 0.6) is 11.5 Å². The molecule has 0 aliphatic rings. The normalized spacial score (nSPS) is 11.9. The SMILES string of the molecule is COc1ccc(-c2nc(CS[C@@H](C)C(=O)Nc3cc(C)on3)cs2)cc1OC. The number of ether oxygens (including phenoxy) is 2. The Kier molecular flexibility index (Phi) is 6.58. The molecule has 2 aromatic heterocycles. The van der Waals surface area contributed by atoms with Crippen LogP contribution in [0, 0.1) is 6.92 Å². The molecule has 2 heterocycles. The molecule has 0 saturated heterocycles. The summed E-state index contributed by atoms with van der Waals surface area (Å²) < 4.78 is 15.6. The maximum absolute atomic E-state index is 12.2. The van der Waals surface area contributed by atoms with E-state index in [1.165, 1.54) is 11.8 Å². The highest BCUT2D eigenvalue weighted by Gasteiger charge is 2.16. The largest absolute Gasteiger partial charge is 0.493 e. The summed E-state index contributed by atoms with van der Waals surface area (Å²) in [6, 6.07) is 7.41. The number of aromatic nitrogens is 2. The van der Waals surface area contributed by atoms with Crippen LogP contribution in [-0.2, 0) is 10.5 Å². The zero-order valence-electron chi connectivity index (χ0n) is 16.0. The number of amides is 1. The summed E-state index contributed by atoms with van der Waals surface area (Å²) in [6.07, 6.45) is 0. The van der Waals surface area contributed by atoms with Crippen molar-refractivity contribution >= 4 is 34.8 Å². The number of aryl methyl sites for hydroxylation is 1. The van der Waals surface area contributed by atoms with Gasteiger partial charge in [-0.05, 0) is 32.0 Å². The van der Waals surface area contributed by atoms with Gasteiger partial charge in [0.25, 0.3) is 0 Å². The number of benzene rings is 1. The Hall–Kier alpha value is -2.52. The van der Waals surface area contributed by atoms with Crippen LogP contribution in [-0.4, -0.2) is 35.5 Å². The molecule has 28 heavy (non-hydrogen) atoms. The fourth-order valence-electron chi connectivity index (χ4n) is 2.41. The Morgan fingerprint density at radius 2 is 2.07 bits per heavy atom. The van der Waals surface area contributed by atoms with Crippen LogP contribution in [0.25, 0.3) is 10.6 Å². The minimum absolute atomic E-state index is 0.117. The lowest BCUT2D eigenvalue weighted by Gasteiger charge is -2.09. The van der Waals surface area contributed by atoms with Crippen molar-refractivity contribution in [3.63, 3.8) is 0 Å². The zero-order valence-corrected chi connectivity index (χ0v) is 17.6. The molecule has 9 heteroatoms. The average molecular weight is 420 g/mol. The van der Waals surface area contributed by atoms with Gasteiger partial charge >= 0.3 is 0 Å². The lowest BCUT2D eigenvalue weighted by molar-refractivity contribution is -0.115. The number of thioether (sulfide) groups is 1. The number of hydrogen-bond acceptors (Lipinski definition) is 8. The standard InChI is InChI=1S/C19H21N3O4S2/c1-11-7-17(22-26-11)21-18(23)12(2)27-9-14-10-28-19(20-14)13-5-6-15(24-3)16(8-13)25-4/h5-8,10,12H,9H2,1-4H3,(H,21,22,23)/t12-/m0/s1. The first-order chi connectivity index (χ1) is 13.5. The van der Waals surface area contributed by atoms with E-state index in [4.69, 9.17) is 14.0 Å². The summed E-state index contributed by atoms with van der Waals surface area (Å²) in [7, 11) is 3.22. The van der Waals surface area contributed by atoms with Gasteiger partial charge in [-0.25, -0.2) is 4.98 Å². The fourth-order valence-corrected chi connectivity index (χ4v) is 4.12. The molecule has 1 atom stereocenters. The molecule has 0 radical (unpaired) electrons. The van der Waals surface area contributed by atoms with Gasteiger partial charge in [-0.3, -0.25) is 4.79 Å². The van der Waals surface area contributed by atoms with Gasteiger partial charge in [-0.2, -0.15) is 0 Å². The molecular weight excluding hydrogens is 398 g/mol. The minimum atomic E-state index is -0.247. The van der Waals surface area contributed by atoms with E-state index in [1.807, 2.05) is 30.5 Å². The second-order valence-corrected chi connectivity index (χ2v) is 8.17. The summed E-state index contributed by atoms with van der Waals surface area (Å²) in [6.45, 7) is 3.63. The third-order valence-corrected chi connectivity index (χ3v) is 6.03. The van der Waals surface area contributed by atoms with E-state index in [0.29, 0.717) is 28.8 Å². The van der Waals surface area contributed by atoms with Gasteiger partial charge in [0.15, 0.2) is 17.3 Å². The van der Waals surface area contributed by atoms with Crippen molar-refractivity contribution in [1.82, 2.24) is 10.1 Å². The predicted octanol–water partition coefficient (Wildman–Crippen LogP) is 4.38. The highest BCUT2D eigenvalue weighted by atomic mass is 32.2. The number of rotatable bonds is 8. The summed E-state index contributed by atoms with van der Waals surface area (Å²) in [5.41, 5.74) is 1.89. The molecule has 1 N–H and O–H groups in total. The van der Waals surface area contributed by atoms with Crippen LogP contribution in [0.4, 0.5) is 5.82 Å². The molecule has 0 unspecified atom stereocenters. The van der Waals surface area contributed by atoms with E-state index < -0.39 is 0 Å². The molecule has 1 aromatic carbocycles. The van der Waals surface area contributed by atoms with Crippen LogP contribution >= 0.6 is 23.1 Å². The van der Waals surface area contributed by atoms with E-state index >= 15 is 0 Å². The maximum atomic E-state index is 12.2. The van der Waals surface area contributed by atoms with Crippen molar-refractivity contribution in [3.8, 4) is 22.1 Å². The van der Waals surface area contributed by atoms with Crippen LogP contribution < -0.4 is 14.8 Å². The molecule has 0 fully saturated rings.